The number of amides is 1. The van der Waals surface area contributed by atoms with E-state index in [9.17, 15) is 19.7 Å². The molecule has 1 aliphatic heterocycles. The number of rotatable bonds is 5. The molecule has 25 heavy (non-hydrogen) atoms. The van der Waals surface area contributed by atoms with Crippen LogP contribution in [0.3, 0.4) is 0 Å². The van der Waals surface area contributed by atoms with Crippen LogP contribution in [0.2, 0.25) is 0 Å². The molecule has 1 amide bonds. The lowest BCUT2D eigenvalue weighted by Crippen LogP contribution is -2.23. The quantitative estimate of drug-likeness (QED) is 0.367. The summed E-state index contributed by atoms with van der Waals surface area (Å²) in [4.78, 5) is 39.6. The van der Waals surface area contributed by atoms with E-state index in [0.717, 1.165) is 17.9 Å². The molecule has 2 aromatic rings. The third-order valence-corrected chi connectivity index (χ3v) is 5.70. The van der Waals surface area contributed by atoms with Crippen LogP contribution < -0.4 is 10.9 Å². The van der Waals surface area contributed by atoms with Crippen LogP contribution >= 0.6 is 23.5 Å². The average molecular weight is 378 g/mol. The molecule has 1 aromatic carbocycles. The van der Waals surface area contributed by atoms with Gasteiger partial charge in [0.25, 0.3) is 11.2 Å². The van der Waals surface area contributed by atoms with Crippen LogP contribution in [0.5, 0.6) is 0 Å². The van der Waals surface area contributed by atoms with E-state index in [1.165, 1.54) is 52.4 Å². The third-order valence-electron chi connectivity index (χ3n) is 3.56. The van der Waals surface area contributed by atoms with E-state index in [1.54, 1.807) is 7.05 Å². The predicted molar refractivity (Wildman–Crippen MR) is 96.4 cm³/mol. The van der Waals surface area contributed by atoms with Crippen molar-refractivity contribution >= 4 is 40.8 Å². The van der Waals surface area contributed by atoms with Crippen LogP contribution in [0, 0.1) is 10.1 Å². The number of carbonyl (C=O) groups excluding carboxylic acids is 1. The number of hydrogen-bond acceptors (Lipinski definition) is 7. The molecule has 0 unspecified atom stereocenters. The van der Waals surface area contributed by atoms with Crippen molar-refractivity contribution in [3.8, 4) is 0 Å². The number of nitrogens with one attached hydrogen (secondary N) is 1. The SMILES string of the molecule is Cn1c(SCC(=O)Nc2ccc([N+](=O)[O-])cc2)nc2c(c1=O)SCC2. The third kappa shape index (κ3) is 3.85. The first-order valence-electron chi connectivity index (χ1n) is 7.35. The minimum atomic E-state index is -0.500. The second-order valence-electron chi connectivity index (χ2n) is 5.27. The molecule has 0 radical (unpaired) electrons. The van der Waals surface area contributed by atoms with Gasteiger partial charge in [0.15, 0.2) is 5.16 Å². The van der Waals surface area contributed by atoms with E-state index in [-0.39, 0.29) is 22.9 Å². The minimum absolute atomic E-state index is 0.0393. The van der Waals surface area contributed by atoms with Crippen molar-refractivity contribution < 1.29 is 9.72 Å². The fraction of sp³-hybridized carbons (Fsp3) is 0.267. The van der Waals surface area contributed by atoms with E-state index in [2.05, 4.69) is 10.3 Å². The molecule has 0 saturated carbocycles. The molecule has 130 valence electrons. The van der Waals surface area contributed by atoms with Crippen molar-refractivity contribution in [1.82, 2.24) is 9.55 Å². The molecule has 0 bridgehead atoms. The number of benzene rings is 1. The molecule has 1 aliphatic rings. The van der Waals surface area contributed by atoms with E-state index < -0.39 is 4.92 Å². The first-order chi connectivity index (χ1) is 12.0. The van der Waals surface area contributed by atoms with Gasteiger partial charge in [-0.3, -0.25) is 24.3 Å². The second kappa shape index (κ2) is 7.28. The van der Waals surface area contributed by atoms with Crippen molar-refractivity contribution in [3.63, 3.8) is 0 Å². The average Bonchev–Trinajstić information content (AvgIpc) is 3.06. The summed E-state index contributed by atoms with van der Waals surface area (Å²) < 4.78 is 1.46. The van der Waals surface area contributed by atoms with Crippen molar-refractivity contribution in [3.05, 3.63) is 50.4 Å². The Morgan fingerprint density at radius 3 is 2.84 bits per heavy atom. The van der Waals surface area contributed by atoms with Gasteiger partial charge in [0.1, 0.15) is 0 Å². The molecule has 2 heterocycles. The van der Waals surface area contributed by atoms with Gasteiger partial charge in [-0.05, 0) is 12.1 Å². The van der Waals surface area contributed by atoms with Gasteiger partial charge in [-0.1, -0.05) is 11.8 Å². The number of aromatic nitrogens is 2. The Hall–Kier alpha value is -2.33. The van der Waals surface area contributed by atoms with Gasteiger partial charge in [0, 0.05) is 37.0 Å². The number of fused-ring (bicyclic) bond motifs is 1. The maximum Gasteiger partial charge on any atom is 0.269 e. The van der Waals surface area contributed by atoms with E-state index >= 15 is 0 Å². The van der Waals surface area contributed by atoms with Crippen LogP contribution in [0.15, 0.2) is 39.1 Å². The van der Waals surface area contributed by atoms with E-state index in [4.69, 9.17) is 0 Å². The Balaban J connectivity index is 1.64. The van der Waals surface area contributed by atoms with Gasteiger partial charge in [-0.25, -0.2) is 4.98 Å². The zero-order valence-corrected chi connectivity index (χ0v) is 14.9. The number of hydrogen-bond donors (Lipinski definition) is 1. The Morgan fingerprint density at radius 2 is 2.16 bits per heavy atom. The van der Waals surface area contributed by atoms with Crippen molar-refractivity contribution in [2.45, 2.75) is 16.5 Å². The smallest absolute Gasteiger partial charge is 0.269 e. The van der Waals surface area contributed by atoms with Crippen LogP contribution in [0.4, 0.5) is 11.4 Å². The number of carbonyl (C=O) groups is 1. The highest BCUT2D eigenvalue weighted by molar-refractivity contribution is 8.00. The summed E-state index contributed by atoms with van der Waals surface area (Å²) >= 11 is 2.70. The summed E-state index contributed by atoms with van der Waals surface area (Å²) in [5, 5.41) is 13.8. The Kier molecular flexibility index (Phi) is 5.09. The molecule has 0 fully saturated rings. The van der Waals surface area contributed by atoms with Crippen molar-refractivity contribution in [2.75, 3.05) is 16.8 Å². The molecule has 3 rings (SSSR count). The first-order valence-corrected chi connectivity index (χ1v) is 9.32. The number of thioether (sulfide) groups is 2. The first kappa shape index (κ1) is 17.5. The highest BCUT2D eigenvalue weighted by atomic mass is 32.2. The molecular formula is C15H14N4O4S2. The monoisotopic (exact) mass is 378 g/mol. The lowest BCUT2D eigenvalue weighted by Gasteiger charge is -2.09. The van der Waals surface area contributed by atoms with Crippen LogP contribution in [-0.2, 0) is 18.3 Å². The summed E-state index contributed by atoms with van der Waals surface area (Å²) in [6, 6.07) is 5.60. The van der Waals surface area contributed by atoms with Gasteiger partial charge < -0.3 is 5.32 Å². The Labute approximate surface area is 151 Å². The van der Waals surface area contributed by atoms with Crippen LogP contribution in [0.1, 0.15) is 5.69 Å². The topological polar surface area (TPSA) is 107 Å². The van der Waals surface area contributed by atoms with Crippen LogP contribution in [-0.4, -0.2) is 31.9 Å². The van der Waals surface area contributed by atoms with Crippen molar-refractivity contribution in [2.24, 2.45) is 7.05 Å². The van der Waals surface area contributed by atoms with Gasteiger partial charge in [-0.15, -0.1) is 11.8 Å². The fourth-order valence-corrected chi connectivity index (χ4v) is 4.15. The largest absolute Gasteiger partial charge is 0.325 e. The van der Waals surface area contributed by atoms with Gasteiger partial charge in [0.05, 0.1) is 21.3 Å². The Morgan fingerprint density at radius 1 is 1.44 bits per heavy atom. The molecule has 10 heteroatoms. The van der Waals surface area contributed by atoms with Gasteiger partial charge in [0.2, 0.25) is 5.91 Å². The molecular weight excluding hydrogens is 364 g/mol. The summed E-state index contributed by atoms with van der Waals surface area (Å²) in [5.74, 6) is 0.665. The predicted octanol–water partition coefficient (Wildman–Crippen LogP) is 2.07. The second-order valence-corrected chi connectivity index (χ2v) is 7.32. The molecule has 0 aliphatic carbocycles. The molecule has 0 saturated heterocycles. The Bertz CT molecular complexity index is 896. The maximum atomic E-state index is 12.2. The number of nitro groups is 1. The van der Waals surface area contributed by atoms with Crippen LogP contribution in [0.25, 0.3) is 0 Å². The van der Waals surface area contributed by atoms with Gasteiger partial charge in [-0.2, -0.15) is 0 Å². The maximum absolute atomic E-state index is 12.2. The van der Waals surface area contributed by atoms with Gasteiger partial charge >= 0.3 is 0 Å². The fourth-order valence-electron chi connectivity index (χ4n) is 2.29. The summed E-state index contributed by atoms with van der Waals surface area (Å²) in [6.07, 6.45) is 0.763. The molecule has 0 spiro atoms. The lowest BCUT2D eigenvalue weighted by molar-refractivity contribution is -0.384. The van der Waals surface area contributed by atoms with E-state index in [0.29, 0.717) is 15.7 Å². The summed E-state index contributed by atoms with van der Waals surface area (Å²) in [5.41, 5.74) is 1.16. The number of anilines is 1. The standard InChI is InChI=1S/C15H14N4O4S2/c1-18-14(21)13-11(6-7-24-13)17-15(18)25-8-12(20)16-9-2-4-10(5-3-9)19(22)23/h2-5H,6-8H2,1H3,(H,16,20). The number of aryl methyl sites for hydroxylation is 1. The summed E-state index contributed by atoms with van der Waals surface area (Å²) in [7, 11) is 1.64. The minimum Gasteiger partial charge on any atom is -0.325 e. The number of nitrogens with zero attached hydrogens (tertiary/aromatic N) is 3. The normalized spacial score (nSPS) is 12.7. The molecule has 1 aromatic heterocycles. The van der Waals surface area contributed by atoms with Crippen molar-refractivity contribution in [1.29, 1.82) is 0 Å². The lowest BCUT2D eigenvalue weighted by atomic mass is 10.3. The zero-order valence-electron chi connectivity index (χ0n) is 13.2. The highest BCUT2D eigenvalue weighted by Crippen LogP contribution is 2.28. The van der Waals surface area contributed by atoms with E-state index in [1.807, 2.05) is 0 Å². The highest BCUT2D eigenvalue weighted by Gasteiger charge is 2.20. The number of nitro benzene ring substituents is 1. The molecule has 1 N–H and O–H groups in total. The summed E-state index contributed by atoms with van der Waals surface area (Å²) in [6.45, 7) is 0. The molecule has 0 atom stereocenters. The zero-order chi connectivity index (χ0) is 18.0. The molecule has 8 nitrogen and oxygen atoms in total. The number of non-ortho nitro benzene ring substituents is 1.